The molecule has 1 unspecified atom stereocenters. The molecule has 4 nitrogen and oxygen atoms in total. The molecule has 198 valence electrons. The maximum absolute atomic E-state index is 9.47. The number of hydrogen-bond donors (Lipinski definition) is 0. The first kappa shape index (κ1) is 24.3. The molecular weight excluding hydrogens is 514 g/mol. The zero-order chi connectivity index (χ0) is 28.3. The summed E-state index contributed by atoms with van der Waals surface area (Å²) < 4.78 is 6.27. The second-order valence-corrected chi connectivity index (χ2v) is 11.2. The van der Waals surface area contributed by atoms with Crippen molar-refractivity contribution in [3.8, 4) is 28.5 Å². The topological polar surface area (TPSA) is 62.7 Å². The van der Waals surface area contributed by atoms with Gasteiger partial charge in [0.2, 0.25) is 0 Å². The number of pyridine rings is 2. The normalized spacial score (nSPS) is 16.7. The number of nitrogens with zero attached hydrogens (tertiary/aromatic N) is 3. The SMILES string of the molecule is CC1(C#N)C=CC(c2ccc3ccc4ccc(-c5ccc(-c6cccc7c6oc6ccccc67)cc5)nc4c3n2)=CC1. The highest BCUT2D eigenvalue weighted by atomic mass is 16.3. The molecule has 8 rings (SSSR count). The summed E-state index contributed by atoms with van der Waals surface area (Å²) in [5.41, 5.74) is 9.15. The molecule has 0 N–H and O–H groups in total. The van der Waals surface area contributed by atoms with Gasteiger partial charge in [0.05, 0.1) is 33.9 Å². The van der Waals surface area contributed by atoms with E-state index in [0.717, 1.165) is 77.4 Å². The smallest absolute Gasteiger partial charge is 0.143 e. The highest BCUT2D eigenvalue weighted by Gasteiger charge is 2.22. The summed E-state index contributed by atoms with van der Waals surface area (Å²) >= 11 is 0. The molecule has 0 radical (unpaired) electrons. The first-order valence-electron chi connectivity index (χ1n) is 14.1. The number of furan rings is 1. The van der Waals surface area contributed by atoms with Gasteiger partial charge < -0.3 is 4.42 Å². The number of aromatic nitrogens is 2. The third-order valence-corrected chi connectivity index (χ3v) is 8.34. The highest BCUT2D eigenvalue weighted by molar-refractivity contribution is 6.09. The number of para-hydroxylation sites is 2. The lowest BCUT2D eigenvalue weighted by Crippen LogP contribution is -2.11. The van der Waals surface area contributed by atoms with Crippen LogP contribution in [0.25, 0.3) is 71.7 Å². The molecule has 0 spiro atoms. The number of allylic oxidation sites excluding steroid dienone is 4. The van der Waals surface area contributed by atoms with Gasteiger partial charge in [-0.3, -0.25) is 0 Å². The van der Waals surface area contributed by atoms with Crippen molar-refractivity contribution in [1.82, 2.24) is 9.97 Å². The fraction of sp³-hybridized carbons (Fsp3) is 0.0789. The van der Waals surface area contributed by atoms with Crippen molar-refractivity contribution in [3.05, 3.63) is 127 Å². The van der Waals surface area contributed by atoms with Crippen LogP contribution in [0.5, 0.6) is 0 Å². The van der Waals surface area contributed by atoms with Crippen LogP contribution in [0.1, 0.15) is 19.0 Å². The van der Waals surface area contributed by atoms with Crippen LogP contribution in [0.3, 0.4) is 0 Å². The Labute approximate surface area is 242 Å². The fourth-order valence-electron chi connectivity index (χ4n) is 5.89. The van der Waals surface area contributed by atoms with Crippen molar-refractivity contribution in [2.24, 2.45) is 5.41 Å². The summed E-state index contributed by atoms with van der Waals surface area (Å²) in [6.45, 7) is 1.95. The van der Waals surface area contributed by atoms with E-state index in [1.807, 2.05) is 43.3 Å². The van der Waals surface area contributed by atoms with Crippen LogP contribution in [0.15, 0.2) is 126 Å². The standard InChI is InChI=1S/C38H25N3O/c1-38(23-39)21-19-26(20-22-38)33-18-16-28-14-13-27-15-17-32(40-35(27)36(28)41-33)25-11-9-24(10-12-25)29-6-4-7-31-30-5-2-3-8-34(30)42-37(29)31/h2-21H,22H2,1H3. The van der Waals surface area contributed by atoms with Gasteiger partial charge in [0.15, 0.2) is 0 Å². The molecule has 4 heteroatoms. The molecule has 0 amide bonds. The van der Waals surface area contributed by atoms with Gasteiger partial charge in [-0.2, -0.15) is 5.26 Å². The predicted molar refractivity (Wildman–Crippen MR) is 171 cm³/mol. The van der Waals surface area contributed by atoms with Crippen molar-refractivity contribution < 1.29 is 4.42 Å². The lowest BCUT2D eigenvalue weighted by Gasteiger charge is -2.19. The van der Waals surface area contributed by atoms with Gasteiger partial charge in [-0.05, 0) is 42.7 Å². The molecule has 42 heavy (non-hydrogen) atoms. The lowest BCUT2D eigenvalue weighted by atomic mass is 9.83. The molecule has 1 aliphatic rings. The summed E-state index contributed by atoms with van der Waals surface area (Å²) in [6, 6.07) is 37.9. The summed E-state index contributed by atoms with van der Waals surface area (Å²) in [6.07, 6.45) is 6.77. The number of hydrogen-bond acceptors (Lipinski definition) is 4. The molecule has 0 aliphatic heterocycles. The average molecular weight is 540 g/mol. The van der Waals surface area contributed by atoms with Crippen LogP contribution in [-0.4, -0.2) is 9.97 Å². The summed E-state index contributed by atoms with van der Waals surface area (Å²) in [5, 5.41) is 13.8. The first-order valence-corrected chi connectivity index (χ1v) is 14.1. The Hall–Kier alpha value is -5.53. The lowest BCUT2D eigenvalue weighted by molar-refractivity contribution is 0.574. The van der Waals surface area contributed by atoms with Crippen LogP contribution in [0.4, 0.5) is 0 Å². The number of benzene rings is 4. The Balaban J connectivity index is 1.18. The molecule has 0 saturated heterocycles. The van der Waals surface area contributed by atoms with E-state index in [0.29, 0.717) is 6.42 Å². The quantitative estimate of drug-likeness (QED) is 0.210. The van der Waals surface area contributed by atoms with Crippen molar-refractivity contribution in [3.63, 3.8) is 0 Å². The van der Waals surface area contributed by atoms with E-state index >= 15 is 0 Å². The van der Waals surface area contributed by atoms with Crippen LogP contribution in [-0.2, 0) is 0 Å². The van der Waals surface area contributed by atoms with Crippen molar-refractivity contribution in [2.45, 2.75) is 13.3 Å². The molecule has 7 aromatic rings. The molecule has 3 heterocycles. The number of rotatable bonds is 3. The minimum atomic E-state index is -0.461. The summed E-state index contributed by atoms with van der Waals surface area (Å²) in [7, 11) is 0. The number of fused-ring (bicyclic) bond motifs is 6. The average Bonchev–Trinajstić information content (AvgIpc) is 3.44. The van der Waals surface area contributed by atoms with E-state index in [9.17, 15) is 5.26 Å². The minimum absolute atomic E-state index is 0.461. The van der Waals surface area contributed by atoms with E-state index in [2.05, 4.69) is 91.0 Å². The Bertz CT molecular complexity index is 2300. The van der Waals surface area contributed by atoms with Gasteiger partial charge >= 0.3 is 0 Å². The Morgan fingerprint density at radius 1 is 0.714 bits per heavy atom. The van der Waals surface area contributed by atoms with Gasteiger partial charge in [-0.1, -0.05) is 103 Å². The summed E-state index contributed by atoms with van der Waals surface area (Å²) in [4.78, 5) is 10.2. The Morgan fingerprint density at radius 3 is 2.12 bits per heavy atom. The third-order valence-electron chi connectivity index (χ3n) is 8.34. The van der Waals surface area contributed by atoms with Crippen LogP contribution in [0.2, 0.25) is 0 Å². The second-order valence-electron chi connectivity index (χ2n) is 11.2. The second kappa shape index (κ2) is 9.26. The minimum Gasteiger partial charge on any atom is -0.455 e. The molecular formula is C38H25N3O. The van der Waals surface area contributed by atoms with Gasteiger partial charge in [-0.15, -0.1) is 0 Å². The number of nitriles is 1. The van der Waals surface area contributed by atoms with E-state index in [1.54, 1.807) is 0 Å². The largest absolute Gasteiger partial charge is 0.455 e. The fourth-order valence-corrected chi connectivity index (χ4v) is 5.89. The molecule has 1 aliphatic carbocycles. The Morgan fingerprint density at radius 2 is 1.38 bits per heavy atom. The monoisotopic (exact) mass is 539 g/mol. The van der Waals surface area contributed by atoms with Crippen molar-refractivity contribution >= 4 is 49.3 Å². The molecule has 0 fully saturated rings. The summed E-state index contributed by atoms with van der Waals surface area (Å²) in [5.74, 6) is 0. The van der Waals surface area contributed by atoms with E-state index in [1.165, 1.54) is 0 Å². The van der Waals surface area contributed by atoms with Crippen molar-refractivity contribution in [2.75, 3.05) is 0 Å². The van der Waals surface area contributed by atoms with Gasteiger partial charge in [0.25, 0.3) is 0 Å². The van der Waals surface area contributed by atoms with Crippen LogP contribution < -0.4 is 0 Å². The predicted octanol–water partition coefficient (Wildman–Crippen LogP) is 9.89. The maximum atomic E-state index is 9.47. The van der Waals surface area contributed by atoms with Crippen LogP contribution >= 0.6 is 0 Å². The zero-order valence-corrected chi connectivity index (χ0v) is 23.0. The highest BCUT2D eigenvalue weighted by Crippen LogP contribution is 2.37. The third kappa shape index (κ3) is 3.90. The van der Waals surface area contributed by atoms with Crippen molar-refractivity contribution in [1.29, 1.82) is 5.26 Å². The van der Waals surface area contributed by atoms with E-state index in [4.69, 9.17) is 14.4 Å². The van der Waals surface area contributed by atoms with Crippen LogP contribution in [0, 0.1) is 16.7 Å². The van der Waals surface area contributed by atoms with Gasteiger partial charge in [-0.25, -0.2) is 9.97 Å². The first-order chi connectivity index (χ1) is 20.6. The van der Waals surface area contributed by atoms with E-state index in [-0.39, 0.29) is 0 Å². The van der Waals surface area contributed by atoms with E-state index < -0.39 is 5.41 Å². The zero-order valence-electron chi connectivity index (χ0n) is 23.0. The molecule has 0 saturated carbocycles. The Kier molecular flexibility index (Phi) is 5.35. The van der Waals surface area contributed by atoms with Gasteiger partial charge in [0.1, 0.15) is 11.2 Å². The molecule has 4 aromatic carbocycles. The van der Waals surface area contributed by atoms with Gasteiger partial charge in [0, 0.05) is 32.7 Å². The maximum Gasteiger partial charge on any atom is 0.143 e. The molecule has 0 bridgehead atoms. The molecule has 3 aromatic heterocycles. The molecule has 1 atom stereocenters.